The number of hydrogen-bond acceptors (Lipinski definition) is 5. The van der Waals surface area contributed by atoms with Crippen molar-refractivity contribution in [2.45, 2.75) is 25.1 Å². The first-order valence-corrected chi connectivity index (χ1v) is 7.60. The van der Waals surface area contributed by atoms with Crippen LogP contribution in [0.3, 0.4) is 0 Å². The van der Waals surface area contributed by atoms with Crippen LogP contribution in [0.4, 0.5) is 0 Å². The molecule has 0 radical (unpaired) electrons. The molecule has 1 aromatic rings. The third-order valence-corrected chi connectivity index (χ3v) is 2.95. The van der Waals surface area contributed by atoms with Crippen LogP contribution in [0, 0.1) is 0 Å². The molecule has 11 heteroatoms. The standard InChI is InChI=1S/C7H12N2O3S.H2O4S/c1-2-3-7(13(10,11)12)9-5-4-8-6-9;1-5(2,3)4/h4-7H,2-3H2,1H3,(H,10,11,12);(H2,1,2,3,4). The Morgan fingerprint density at radius 3 is 2.11 bits per heavy atom. The summed E-state index contributed by atoms with van der Waals surface area (Å²) in [5.74, 6) is 0. The van der Waals surface area contributed by atoms with Crippen molar-refractivity contribution in [1.29, 1.82) is 0 Å². The van der Waals surface area contributed by atoms with E-state index in [9.17, 15) is 8.42 Å². The summed E-state index contributed by atoms with van der Waals surface area (Å²) in [6.45, 7) is 1.87. The molecule has 0 spiro atoms. The van der Waals surface area contributed by atoms with Gasteiger partial charge in [-0.25, -0.2) is 13.0 Å². The van der Waals surface area contributed by atoms with Crippen molar-refractivity contribution in [3.63, 3.8) is 0 Å². The van der Waals surface area contributed by atoms with Crippen molar-refractivity contribution in [3.8, 4) is 0 Å². The third kappa shape index (κ3) is 8.14. The molecular weight excluding hydrogens is 288 g/mol. The van der Waals surface area contributed by atoms with Gasteiger partial charge < -0.3 is 4.55 Å². The summed E-state index contributed by atoms with van der Waals surface area (Å²) in [5, 5.41) is -0.872. The van der Waals surface area contributed by atoms with Crippen molar-refractivity contribution < 1.29 is 35.1 Å². The van der Waals surface area contributed by atoms with Gasteiger partial charge in [-0.15, -0.1) is 0 Å². The topological polar surface area (TPSA) is 151 Å². The molecule has 0 aromatic carbocycles. The maximum atomic E-state index is 10.9. The van der Waals surface area contributed by atoms with E-state index in [0.717, 1.165) is 0 Å². The van der Waals surface area contributed by atoms with Crippen molar-refractivity contribution in [3.05, 3.63) is 18.7 Å². The van der Waals surface area contributed by atoms with Crippen LogP contribution in [0.15, 0.2) is 18.7 Å². The zero-order valence-electron chi connectivity index (χ0n) is 9.42. The molecule has 1 heterocycles. The van der Waals surface area contributed by atoms with Gasteiger partial charge in [-0.1, -0.05) is 13.3 Å². The van der Waals surface area contributed by atoms with E-state index in [0.29, 0.717) is 12.8 Å². The van der Waals surface area contributed by atoms with Crippen molar-refractivity contribution in [2.24, 2.45) is 0 Å². The number of rotatable bonds is 4. The number of H-pyrrole nitrogens is 1. The first kappa shape index (κ1) is 17.0. The molecule has 106 valence electrons. The van der Waals surface area contributed by atoms with Gasteiger partial charge in [-0.3, -0.25) is 14.1 Å². The molecule has 1 aromatic heterocycles. The molecule has 0 saturated carbocycles. The molecule has 9 nitrogen and oxygen atoms in total. The maximum Gasteiger partial charge on any atom is 0.307 e. The predicted octanol–water partition coefficient (Wildman–Crippen LogP) is -0.507. The minimum Gasteiger partial charge on any atom is -0.726 e. The van der Waals surface area contributed by atoms with Crippen LogP contribution >= 0.6 is 0 Å². The van der Waals surface area contributed by atoms with Crippen LogP contribution in [0.2, 0.25) is 0 Å². The first-order chi connectivity index (χ1) is 8.05. The van der Waals surface area contributed by atoms with Crippen LogP contribution in [-0.4, -0.2) is 35.5 Å². The number of hydrogen-bond donors (Lipinski definition) is 3. The highest BCUT2D eigenvalue weighted by molar-refractivity contribution is 7.85. The van der Waals surface area contributed by atoms with Crippen LogP contribution in [0.1, 0.15) is 25.1 Å². The van der Waals surface area contributed by atoms with E-state index in [1.54, 1.807) is 12.4 Å². The highest BCUT2D eigenvalue weighted by atomic mass is 32.3. The molecule has 3 N–H and O–H groups in total. The summed E-state index contributed by atoms with van der Waals surface area (Å²) < 4.78 is 65.1. The van der Waals surface area contributed by atoms with E-state index in [1.807, 2.05) is 6.92 Å². The lowest BCUT2D eigenvalue weighted by molar-refractivity contribution is -0.701. The SMILES string of the molecule is CCCC([n+]1cc[nH]c1)S(=O)(=O)O.O=S(=O)([O-])O. The van der Waals surface area contributed by atoms with E-state index in [-0.39, 0.29) is 0 Å². The van der Waals surface area contributed by atoms with Crippen LogP contribution < -0.4 is 4.57 Å². The van der Waals surface area contributed by atoms with Gasteiger partial charge in [0.15, 0.2) is 0 Å². The summed E-state index contributed by atoms with van der Waals surface area (Å²) in [6.07, 6.45) is 5.79. The molecule has 1 atom stereocenters. The number of nitrogens with one attached hydrogen (secondary N) is 1. The summed E-state index contributed by atoms with van der Waals surface area (Å²) in [6, 6.07) is 0. The van der Waals surface area contributed by atoms with E-state index in [4.69, 9.17) is 22.1 Å². The lowest BCUT2D eigenvalue weighted by atomic mass is 10.3. The fraction of sp³-hybridized carbons (Fsp3) is 0.571. The Morgan fingerprint density at radius 2 is 1.83 bits per heavy atom. The summed E-state index contributed by atoms with van der Waals surface area (Å²) in [7, 11) is -8.92. The van der Waals surface area contributed by atoms with Crippen molar-refractivity contribution in [1.82, 2.24) is 4.98 Å². The van der Waals surface area contributed by atoms with Gasteiger partial charge in [-0.05, 0) is 0 Å². The smallest absolute Gasteiger partial charge is 0.307 e. The molecule has 0 amide bonds. The minimum absolute atomic E-state index is 0.404. The average molecular weight is 302 g/mol. The first-order valence-electron chi connectivity index (χ1n) is 4.73. The van der Waals surface area contributed by atoms with Gasteiger partial charge in [0.05, 0.1) is 0 Å². The molecule has 1 unspecified atom stereocenters. The summed E-state index contributed by atoms with van der Waals surface area (Å²) >= 11 is 0. The molecule has 0 aliphatic carbocycles. The highest BCUT2D eigenvalue weighted by Crippen LogP contribution is 2.12. The number of aromatic amines is 1. The Hall–Kier alpha value is -1.01. The third-order valence-electron chi connectivity index (χ3n) is 1.78. The zero-order chi connectivity index (χ0) is 14.4. The maximum absolute atomic E-state index is 10.9. The quantitative estimate of drug-likeness (QED) is 0.385. The Kier molecular flexibility index (Phi) is 6.42. The number of aromatic nitrogens is 2. The monoisotopic (exact) mass is 302 g/mol. The fourth-order valence-corrected chi connectivity index (χ4v) is 2.15. The van der Waals surface area contributed by atoms with Gasteiger partial charge in [-0.2, -0.15) is 8.42 Å². The fourth-order valence-electron chi connectivity index (χ4n) is 1.18. The molecule has 18 heavy (non-hydrogen) atoms. The van der Waals surface area contributed by atoms with E-state index < -0.39 is 25.9 Å². The molecular formula is C7H14N2O7S2. The van der Waals surface area contributed by atoms with Gasteiger partial charge in [0.1, 0.15) is 12.4 Å². The number of nitrogens with zero attached hydrogens (tertiary/aromatic N) is 1. The van der Waals surface area contributed by atoms with Crippen molar-refractivity contribution >= 4 is 20.5 Å². The summed E-state index contributed by atoms with van der Waals surface area (Å²) in [4.78, 5) is 2.73. The van der Waals surface area contributed by atoms with Gasteiger partial charge in [0.2, 0.25) is 22.1 Å². The van der Waals surface area contributed by atoms with Crippen LogP contribution in [-0.2, 0) is 20.5 Å². The lowest BCUT2D eigenvalue weighted by Crippen LogP contribution is -2.41. The minimum atomic E-state index is -4.92. The lowest BCUT2D eigenvalue weighted by Gasteiger charge is -2.08. The van der Waals surface area contributed by atoms with Crippen LogP contribution in [0.25, 0.3) is 0 Å². The van der Waals surface area contributed by atoms with Gasteiger partial charge in [0.25, 0.3) is 0 Å². The second-order valence-corrected chi connectivity index (χ2v) is 5.67. The Morgan fingerprint density at radius 1 is 1.33 bits per heavy atom. The van der Waals surface area contributed by atoms with Gasteiger partial charge in [0, 0.05) is 6.42 Å². The van der Waals surface area contributed by atoms with Crippen LogP contribution in [0.5, 0.6) is 0 Å². The summed E-state index contributed by atoms with van der Waals surface area (Å²) in [5.41, 5.74) is 0. The normalized spacial score (nSPS) is 13.6. The van der Waals surface area contributed by atoms with E-state index >= 15 is 0 Å². The molecule has 0 bridgehead atoms. The van der Waals surface area contributed by atoms with E-state index in [1.165, 1.54) is 10.9 Å². The number of imidazole rings is 1. The largest absolute Gasteiger partial charge is 0.726 e. The van der Waals surface area contributed by atoms with E-state index in [2.05, 4.69) is 4.98 Å². The van der Waals surface area contributed by atoms with Crippen molar-refractivity contribution in [2.75, 3.05) is 0 Å². The Labute approximate surface area is 105 Å². The molecule has 1 rings (SSSR count). The second-order valence-electron chi connectivity index (χ2n) is 3.24. The molecule has 0 saturated heterocycles. The van der Waals surface area contributed by atoms with Gasteiger partial charge >= 0.3 is 10.1 Å². The molecule has 0 aliphatic rings. The Bertz CT molecular complexity index is 526. The Balaban J connectivity index is 0.000000494. The second kappa shape index (κ2) is 6.80. The predicted molar refractivity (Wildman–Crippen MR) is 58.8 cm³/mol. The molecule has 0 aliphatic heterocycles. The molecule has 0 fully saturated rings. The average Bonchev–Trinajstić information content (AvgIpc) is 2.61. The highest BCUT2D eigenvalue weighted by Gasteiger charge is 2.27. The zero-order valence-corrected chi connectivity index (χ0v) is 11.1.